The minimum absolute atomic E-state index is 0.755. The van der Waals surface area contributed by atoms with Crippen LogP contribution in [-0.4, -0.2) is 4.98 Å². The lowest BCUT2D eigenvalue weighted by Gasteiger charge is -2.08. The molecule has 1 aliphatic rings. The van der Waals surface area contributed by atoms with Gasteiger partial charge in [-0.15, -0.1) is 0 Å². The Morgan fingerprint density at radius 1 is 1.29 bits per heavy atom. The summed E-state index contributed by atoms with van der Waals surface area (Å²) in [6, 6.07) is 4.49. The second-order valence-electron chi connectivity index (χ2n) is 4.32. The third kappa shape index (κ3) is 2.14. The third-order valence-electron chi connectivity index (χ3n) is 3.16. The predicted molar refractivity (Wildman–Crippen MR) is 59.4 cm³/mol. The molecule has 1 fully saturated rings. The van der Waals surface area contributed by atoms with Crippen LogP contribution in [0.3, 0.4) is 0 Å². The van der Waals surface area contributed by atoms with Crippen molar-refractivity contribution in [3.05, 3.63) is 29.6 Å². The zero-order valence-corrected chi connectivity index (χ0v) is 9.00. The Hall–Kier alpha value is -0.850. The van der Waals surface area contributed by atoms with Crippen LogP contribution in [0.25, 0.3) is 0 Å². The van der Waals surface area contributed by atoms with E-state index in [2.05, 4.69) is 30.2 Å². The van der Waals surface area contributed by atoms with E-state index in [0.29, 0.717) is 0 Å². The first kappa shape index (κ1) is 9.70. The molecule has 1 aliphatic carbocycles. The molecular formula is C13H19N. The SMILES string of the molecule is CCCc1ccc(C2CCCC2)nc1. The molecule has 0 radical (unpaired) electrons. The monoisotopic (exact) mass is 189 g/mol. The Morgan fingerprint density at radius 3 is 2.64 bits per heavy atom. The number of hydrogen-bond acceptors (Lipinski definition) is 1. The van der Waals surface area contributed by atoms with Crippen LogP contribution in [0.2, 0.25) is 0 Å². The molecule has 0 amide bonds. The molecule has 0 aliphatic heterocycles. The van der Waals surface area contributed by atoms with Crippen molar-refractivity contribution in [1.82, 2.24) is 4.98 Å². The van der Waals surface area contributed by atoms with Crippen molar-refractivity contribution in [3.8, 4) is 0 Å². The fraction of sp³-hybridized carbons (Fsp3) is 0.615. The molecule has 76 valence electrons. The van der Waals surface area contributed by atoms with Gasteiger partial charge >= 0.3 is 0 Å². The fourth-order valence-corrected chi connectivity index (χ4v) is 2.34. The Balaban J connectivity index is 2.05. The molecule has 1 heterocycles. The molecule has 14 heavy (non-hydrogen) atoms. The molecule has 1 heteroatoms. The van der Waals surface area contributed by atoms with Gasteiger partial charge in [0.25, 0.3) is 0 Å². The first-order chi connectivity index (χ1) is 6.90. The molecule has 0 aromatic carbocycles. The van der Waals surface area contributed by atoms with Crippen molar-refractivity contribution >= 4 is 0 Å². The molecular weight excluding hydrogens is 170 g/mol. The summed E-state index contributed by atoms with van der Waals surface area (Å²) in [6.07, 6.45) is 9.92. The standard InChI is InChI=1S/C13H19N/c1-2-5-11-8-9-13(14-10-11)12-6-3-4-7-12/h8-10,12H,2-7H2,1H3. The second-order valence-corrected chi connectivity index (χ2v) is 4.32. The topological polar surface area (TPSA) is 12.9 Å². The van der Waals surface area contributed by atoms with Crippen molar-refractivity contribution in [3.63, 3.8) is 0 Å². The maximum absolute atomic E-state index is 4.58. The average Bonchev–Trinajstić information content (AvgIpc) is 2.72. The summed E-state index contributed by atoms with van der Waals surface area (Å²) >= 11 is 0. The van der Waals surface area contributed by atoms with E-state index in [1.807, 2.05) is 0 Å². The molecule has 1 aromatic heterocycles. The number of aromatic nitrogens is 1. The number of pyridine rings is 1. The van der Waals surface area contributed by atoms with Crippen LogP contribution in [0.15, 0.2) is 18.3 Å². The van der Waals surface area contributed by atoms with Crippen LogP contribution in [0.1, 0.15) is 56.2 Å². The van der Waals surface area contributed by atoms with Gasteiger partial charge in [0.15, 0.2) is 0 Å². The molecule has 1 saturated carbocycles. The quantitative estimate of drug-likeness (QED) is 0.706. The Labute approximate surface area is 86.6 Å². The van der Waals surface area contributed by atoms with Gasteiger partial charge in [0.1, 0.15) is 0 Å². The summed E-state index contributed by atoms with van der Waals surface area (Å²) in [7, 11) is 0. The Kier molecular flexibility index (Phi) is 3.18. The minimum Gasteiger partial charge on any atom is -0.261 e. The van der Waals surface area contributed by atoms with Gasteiger partial charge in [-0.25, -0.2) is 0 Å². The van der Waals surface area contributed by atoms with Crippen LogP contribution in [0.4, 0.5) is 0 Å². The highest BCUT2D eigenvalue weighted by Gasteiger charge is 2.17. The zero-order chi connectivity index (χ0) is 9.80. The van der Waals surface area contributed by atoms with Crippen molar-refractivity contribution in [2.75, 3.05) is 0 Å². The summed E-state index contributed by atoms with van der Waals surface area (Å²) in [6.45, 7) is 2.21. The summed E-state index contributed by atoms with van der Waals surface area (Å²) < 4.78 is 0. The lowest BCUT2D eigenvalue weighted by molar-refractivity contribution is 0.695. The van der Waals surface area contributed by atoms with Gasteiger partial charge in [-0.05, 0) is 30.9 Å². The largest absolute Gasteiger partial charge is 0.261 e. The van der Waals surface area contributed by atoms with E-state index in [1.54, 1.807) is 0 Å². The van der Waals surface area contributed by atoms with Gasteiger partial charge in [-0.3, -0.25) is 4.98 Å². The molecule has 0 bridgehead atoms. The predicted octanol–water partition coefficient (Wildman–Crippen LogP) is 3.69. The van der Waals surface area contributed by atoms with Gasteiger partial charge in [0.2, 0.25) is 0 Å². The van der Waals surface area contributed by atoms with E-state index in [0.717, 1.165) is 12.3 Å². The van der Waals surface area contributed by atoms with Gasteiger partial charge in [-0.1, -0.05) is 32.3 Å². The third-order valence-corrected chi connectivity index (χ3v) is 3.16. The Bertz CT molecular complexity index is 270. The molecule has 1 aromatic rings. The smallest absolute Gasteiger partial charge is 0.0434 e. The number of hydrogen-bond donors (Lipinski definition) is 0. The highest BCUT2D eigenvalue weighted by atomic mass is 14.7. The van der Waals surface area contributed by atoms with Crippen molar-refractivity contribution in [2.24, 2.45) is 0 Å². The van der Waals surface area contributed by atoms with Gasteiger partial charge in [0.05, 0.1) is 0 Å². The lowest BCUT2D eigenvalue weighted by atomic mass is 10.0. The van der Waals surface area contributed by atoms with Crippen LogP contribution in [0.5, 0.6) is 0 Å². The van der Waals surface area contributed by atoms with Gasteiger partial charge in [-0.2, -0.15) is 0 Å². The summed E-state index contributed by atoms with van der Waals surface area (Å²) in [5.41, 5.74) is 2.71. The molecule has 0 unspecified atom stereocenters. The summed E-state index contributed by atoms with van der Waals surface area (Å²) in [5, 5.41) is 0. The highest BCUT2D eigenvalue weighted by Crippen LogP contribution is 2.32. The fourth-order valence-electron chi connectivity index (χ4n) is 2.34. The van der Waals surface area contributed by atoms with Crippen LogP contribution in [-0.2, 0) is 6.42 Å². The first-order valence-corrected chi connectivity index (χ1v) is 5.85. The number of nitrogens with zero attached hydrogens (tertiary/aromatic N) is 1. The number of rotatable bonds is 3. The van der Waals surface area contributed by atoms with Crippen molar-refractivity contribution < 1.29 is 0 Å². The Morgan fingerprint density at radius 2 is 2.07 bits per heavy atom. The molecule has 2 rings (SSSR count). The van der Waals surface area contributed by atoms with Crippen molar-refractivity contribution in [2.45, 2.75) is 51.4 Å². The van der Waals surface area contributed by atoms with E-state index in [-0.39, 0.29) is 0 Å². The van der Waals surface area contributed by atoms with E-state index in [4.69, 9.17) is 0 Å². The van der Waals surface area contributed by atoms with Gasteiger partial charge < -0.3 is 0 Å². The van der Waals surface area contributed by atoms with Crippen LogP contribution < -0.4 is 0 Å². The molecule has 0 atom stereocenters. The molecule has 0 spiro atoms. The zero-order valence-electron chi connectivity index (χ0n) is 9.00. The molecule has 0 saturated heterocycles. The number of aryl methyl sites for hydroxylation is 1. The normalized spacial score (nSPS) is 17.5. The van der Waals surface area contributed by atoms with E-state index >= 15 is 0 Å². The summed E-state index contributed by atoms with van der Waals surface area (Å²) in [5.74, 6) is 0.755. The van der Waals surface area contributed by atoms with Crippen molar-refractivity contribution in [1.29, 1.82) is 0 Å². The molecule has 0 N–H and O–H groups in total. The average molecular weight is 189 g/mol. The maximum atomic E-state index is 4.58. The van der Waals surface area contributed by atoms with E-state index in [9.17, 15) is 0 Å². The first-order valence-electron chi connectivity index (χ1n) is 5.85. The minimum atomic E-state index is 0.755. The van der Waals surface area contributed by atoms with E-state index in [1.165, 1.54) is 43.4 Å². The maximum Gasteiger partial charge on any atom is 0.0434 e. The van der Waals surface area contributed by atoms with Gasteiger partial charge in [0, 0.05) is 17.8 Å². The van der Waals surface area contributed by atoms with Crippen LogP contribution >= 0.6 is 0 Å². The summed E-state index contributed by atoms with van der Waals surface area (Å²) in [4.78, 5) is 4.58. The van der Waals surface area contributed by atoms with Crippen LogP contribution in [0, 0.1) is 0 Å². The molecule has 1 nitrogen and oxygen atoms in total. The lowest BCUT2D eigenvalue weighted by Crippen LogP contribution is -1.96. The highest BCUT2D eigenvalue weighted by molar-refractivity contribution is 5.17. The van der Waals surface area contributed by atoms with E-state index < -0.39 is 0 Å². The second kappa shape index (κ2) is 4.59.